The monoisotopic (exact) mass is 470 g/mol. The highest BCUT2D eigenvalue weighted by atomic mass is 16.6. The summed E-state index contributed by atoms with van der Waals surface area (Å²) < 4.78 is 47.5. The number of carbonyl (C=O) groups is 1. The van der Waals surface area contributed by atoms with Crippen LogP contribution in [0.15, 0.2) is 0 Å². The molecule has 0 saturated carbocycles. The third-order valence-corrected chi connectivity index (χ3v) is 3.58. The average molecular weight is 471 g/mol. The summed E-state index contributed by atoms with van der Waals surface area (Å²) in [6.07, 6.45) is 0.650. The Labute approximate surface area is 191 Å². The van der Waals surface area contributed by atoms with Gasteiger partial charge < -0.3 is 47.7 Å². The first kappa shape index (κ1) is 31.1. The fraction of sp³-hybridized carbons (Fsp3) is 0.952. The Bertz CT molecular complexity index is 372. The van der Waals surface area contributed by atoms with E-state index in [1.807, 2.05) is 0 Å². The Morgan fingerprint density at radius 2 is 0.719 bits per heavy atom. The molecule has 0 rings (SSSR count). The lowest BCUT2D eigenvalue weighted by molar-refractivity contribution is -0.142. The van der Waals surface area contributed by atoms with Crippen molar-refractivity contribution in [3.05, 3.63) is 0 Å². The van der Waals surface area contributed by atoms with Gasteiger partial charge in [-0.3, -0.25) is 4.79 Å². The summed E-state index contributed by atoms with van der Waals surface area (Å²) in [5, 5.41) is 8.60. The van der Waals surface area contributed by atoms with Crippen molar-refractivity contribution in [2.75, 3.05) is 119 Å². The fourth-order valence-corrected chi connectivity index (χ4v) is 2.05. The molecule has 0 aliphatic rings. The molecule has 0 spiro atoms. The second kappa shape index (κ2) is 28.1. The van der Waals surface area contributed by atoms with Crippen LogP contribution in [0, 0.1) is 0 Å². The van der Waals surface area contributed by atoms with E-state index in [1.54, 1.807) is 0 Å². The molecule has 11 heteroatoms. The van der Waals surface area contributed by atoms with E-state index in [2.05, 4.69) is 0 Å². The predicted molar refractivity (Wildman–Crippen MR) is 115 cm³/mol. The molecular formula is C21H42O11. The number of aliphatic hydroxyl groups excluding tert-OH is 1. The Morgan fingerprint density at radius 1 is 0.469 bits per heavy atom. The maximum Gasteiger partial charge on any atom is 0.302 e. The van der Waals surface area contributed by atoms with Crippen LogP contribution in [0.3, 0.4) is 0 Å². The Kier molecular flexibility index (Phi) is 27.4. The van der Waals surface area contributed by atoms with Crippen LogP contribution in [0.5, 0.6) is 0 Å². The largest absolute Gasteiger partial charge is 0.463 e. The molecule has 0 saturated heterocycles. The highest BCUT2D eigenvalue weighted by Gasteiger charge is 1.96. The Balaban J connectivity index is 3.00. The highest BCUT2D eigenvalue weighted by Crippen LogP contribution is 1.86. The van der Waals surface area contributed by atoms with Gasteiger partial charge in [0.2, 0.25) is 0 Å². The molecule has 11 nitrogen and oxygen atoms in total. The highest BCUT2D eigenvalue weighted by molar-refractivity contribution is 5.65. The molecule has 0 aliphatic heterocycles. The summed E-state index contributed by atoms with van der Waals surface area (Å²) in [7, 11) is 0. The molecule has 0 radical (unpaired) electrons. The van der Waals surface area contributed by atoms with Gasteiger partial charge in [-0.2, -0.15) is 0 Å². The standard InChI is InChI=1S/C21H42O11/c1-21(23)32-20-19-31-18-17-30-16-15-29-14-13-28-12-11-27-10-9-26-8-7-25-6-5-24-4-2-3-22/h22H,2-20H2,1H3. The van der Waals surface area contributed by atoms with Gasteiger partial charge in [0.15, 0.2) is 0 Å². The number of carbonyl (C=O) groups excluding carboxylic acids is 1. The van der Waals surface area contributed by atoms with Crippen LogP contribution in [-0.4, -0.2) is 130 Å². The molecular weight excluding hydrogens is 428 g/mol. The van der Waals surface area contributed by atoms with Gasteiger partial charge in [0.1, 0.15) is 6.61 Å². The zero-order valence-corrected chi connectivity index (χ0v) is 19.5. The second-order valence-electron chi connectivity index (χ2n) is 6.32. The zero-order chi connectivity index (χ0) is 23.4. The number of aliphatic hydroxyl groups is 1. The molecule has 192 valence electrons. The third-order valence-electron chi connectivity index (χ3n) is 3.58. The minimum Gasteiger partial charge on any atom is -0.463 e. The van der Waals surface area contributed by atoms with Crippen molar-refractivity contribution in [2.45, 2.75) is 13.3 Å². The SMILES string of the molecule is CC(=O)OCCOCCOCCOCCOCCOCCOCCOCCOCCCO. The molecule has 0 atom stereocenters. The predicted octanol–water partition coefficient (Wildman–Crippen LogP) is 0.0647. The zero-order valence-electron chi connectivity index (χ0n) is 19.5. The van der Waals surface area contributed by atoms with E-state index in [4.69, 9.17) is 47.7 Å². The minimum absolute atomic E-state index is 0.147. The van der Waals surface area contributed by atoms with Crippen molar-refractivity contribution < 1.29 is 52.5 Å². The van der Waals surface area contributed by atoms with Gasteiger partial charge in [0, 0.05) is 20.1 Å². The first-order chi connectivity index (χ1) is 15.8. The fourth-order valence-electron chi connectivity index (χ4n) is 2.05. The van der Waals surface area contributed by atoms with E-state index in [0.29, 0.717) is 112 Å². The maximum atomic E-state index is 10.5. The summed E-state index contributed by atoms with van der Waals surface area (Å²) in [4.78, 5) is 10.5. The summed E-state index contributed by atoms with van der Waals surface area (Å²) in [6.45, 7) is 9.69. The van der Waals surface area contributed by atoms with Gasteiger partial charge in [-0.1, -0.05) is 0 Å². The van der Waals surface area contributed by atoms with E-state index in [1.165, 1.54) is 6.92 Å². The van der Waals surface area contributed by atoms with Gasteiger partial charge in [-0.15, -0.1) is 0 Å². The number of esters is 1. The van der Waals surface area contributed by atoms with Crippen molar-refractivity contribution in [3.8, 4) is 0 Å². The molecule has 0 aliphatic carbocycles. The normalized spacial score (nSPS) is 11.2. The first-order valence-electron chi connectivity index (χ1n) is 11.1. The lowest BCUT2D eigenvalue weighted by Crippen LogP contribution is -2.15. The van der Waals surface area contributed by atoms with Crippen LogP contribution in [-0.2, 0) is 47.4 Å². The lowest BCUT2D eigenvalue weighted by Gasteiger charge is -2.08. The first-order valence-corrected chi connectivity index (χ1v) is 11.1. The van der Waals surface area contributed by atoms with E-state index in [0.717, 1.165) is 0 Å². The van der Waals surface area contributed by atoms with Gasteiger partial charge >= 0.3 is 5.97 Å². The molecule has 0 aromatic carbocycles. The molecule has 0 unspecified atom stereocenters. The molecule has 0 bridgehead atoms. The van der Waals surface area contributed by atoms with Gasteiger partial charge in [0.25, 0.3) is 0 Å². The van der Waals surface area contributed by atoms with Gasteiger partial charge in [-0.05, 0) is 6.42 Å². The van der Waals surface area contributed by atoms with Crippen LogP contribution < -0.4 is 0 Å². The van der Waals surface area contributed by atoms with Crippen LogP contribution >= 0.6 is 0 Å². The molecule has 0 fully saturated rings. The van der Waals surface area contributed by atoms with Gasteiger partial charge in [-0.25, -0.2) is 0 Å². The molecule has 0 amide bonds. The van der Waals surface area contributed by atoms with E-state index >= 15 is 0 Å². The number of rotatable bonds is 27. The Morgan fingerprint density at radius 3 is 0.969 bits per heavy atom. The summed E-state index contributed by atoms with van der Waals surface area (Å²) in [6, 6.07) is 0. The van der Waals surface area contributed by atoms with Crippen molar-refractivity contribution in [2.24, 2.45) is 0 Å². The minimum atomic E-state index is -0.310. The number of hydrogen-bond donors (Lipinski definition) is 1. The van der Waals surface area contributed by atoms with Crippen molar-refractivity contribution >= 4 is 5.97 Å². The molecule has 0 aromatic rings. The smallest absolute Gasteiger partial charge is 0.302 e. The van der Waals surface area contributed by atoms with E-state index in [9.17, 15) is 4.79 Å². The van der Waals surface area contributed by atoms with Crippen LogP contribution in [0.2, 0.25) is 0 Å². The topological polar surface area (TPSA) is 120 Å². The summed E-state index contributed by atoms with van der Waals surface area (Å²) in [5.41, 5.74) is 0. The van der Waals surface area contributed by atoms with Crippen molar-refractivity contribution in [1.29, 1.82) is 0 Å². The average Bonchev–Trinajstić information content (AvgIpc) is 2.78. The van der Waals surface area contributed by atoms with Crippen LogP contribution in [0.4, 0.5) is 0 Å². The lowest BCUT2D eigenvalue weighted by atomic mass is 10.5. The van der Waals surface area contributed by atoms with Crippen LogP contribution in [0.1, 0.15) is 13.3 Å². The van der Waals surface area contributed by atoms with Crippen molar-refractivity contribution in [1.82, 2.24) is 0 Å². The van der Waals surface area contributed by atoms with E-state index in [-0.39, 0.29) is 19.2 Å². The quantitative estimate of drug-likeness (QED) is 0.130. The number of ether oxygens (including phenoxy) is 9. The molecule has 0 aromatic heterocycles. The summed E-state index contributed by atoms with van der Waals surface area (Å²) >= 11 is 0. The second-order valence-corrected chi connectivity index (χ2v) is 6.32. The van der Waals surface area contributed by atoms with Gasteiger partial charge in [0.05, 0.1) is 99.1 Å². The third kappa shape index (κ3) is 29.1. The molecule has 1 N–H and O–H groups in total. The Hall–Kier alpha value is -0.890. The van der Waals surface area contributed by atoms with E-state index < -0.39 is 0 Å². The summed E-state index contributed by atoms with van der Waals surface area (Å²) in [5.74, 6) is -0.310. The maximum absolute atomic E-state index is 10.5. The van der Waals surface area contributed by atoms with Crippen LogP contribution in [0.25, 0.3) is 0 Å². The molecule has 32 heavy (non-hydrogen) atoms. The number of hydrogen-bond acceptors (Lipinski definition) is 11. The molecule has 0 heterocycles. The van der Waals surface area contributed by atoms with Crippen molar-refractivity contribution in [3.63, 3.8) is 0 Å².